The van der Waals surface area contributed by atoms with Gasteiger partial charge in [0.2, 0.25) is 11.7 Å². The Bertz CT molecular complexity index is 994. The van der Waals surface area contributed by atoms with Gasteiger partial charge in [-0.2, -0.15) is 4.98 Å². The number of aromatic nitrogens is 6. The van der Waals surface area contributed by atoms with E-state index in [0.717, 1.165) is 16.5 Å². The van der Waals surface area contributed by atoms with E-state index >= 15 is 0 Å². The molecule has 0 radical (unpaired) electrons. The number of hydrogen-bond acceptors (Lipinski definition) is 8. The third-order valence-corrected chi connectivity index (χ3v) is 4.45. The zero-order valence-electron chi connectivity index (χ0n) is 13.6. The molecule has 0 aliphatic rings. The number of pyridine rings is 1. The first-order valence-electron chi connectivity index (χ1n) is 7.79. The van der Waals surface area contributed by atoms with E-state index in [0.29, 0.717) is 29.8 Å². The maximum absolute atomic E-state index is 5.27. The number of allylic oxidation sites excluding steroid dienone is 1. The van der Waals surface area contributed by atoms with E-state index in [4.69, 9.17) is 8.94 Å². The number of thioether (sulfide) groups is 1. The van der Waals surface area contributed by atoms with Crippen LogP contribution in [0.15, 0.2) is 69.7 Å². The molecule has 8 nitrogen and oxygen atoms in total. The van der Waals surface area contributed by atoms with Crippen LogP contribution in [-0.2, 0) is 12.3 Å². The SMILES string of the molecule is C=CCn1c(SCc2nc(-c3ccco3)no2)nnc1-c1ccncc1. The maximum Gasteiger partial charge on any atom is 0.238 e. The van der Waals surface area contributed by atoms with E-state index in [2.05, 4.69) is 31.9 Å². The summed E-state index contributed by atoms with van der Waals surface area (Å²) in [5.74, 6) is 2.71. The summed E-state index contributed by atoms with van der Waals surface area (Å²) in [6.45, 7) is 4.40. The lowest BCUT2D eigenvalue weighted by Gasteiger charge is -2.06. The summed E-state index contributed by atoms with van der Waals surface area (Å²) in [6, 6.07) is 7.35. The van der Waals surface area contributed by atoms with Crippen molar-refractivity contribution in [2.24, 2.45) is 0 Å². The Morgan fingerprint density at radius 3 is 2.85 bits per heavy atom. The van der Waals surface area contributed by atoms with Crippen molar-refractivity contribution in [3.05, 3.63) is 61.5 Å². The smallest absolute Gasteiger partial charge is 0.238 e. The zero-order chi connectivity index (χ0) is 17.8. The number of nitrogens with zero attached hydrogens (tertiary/aromatic N) is 6. The van der Waals surface area contributed by atoms with E-state index in [-0.39, 0.29) is 0 Å². The molecule has 0 saturated carbocycles. The summed E-state index contributed by atoms with van der Waals surface area (Å²) < 4.78 is 12.5. The van der Waals surface area contributed by atoms with Gasteiger partial charge in [0.25, 0.3) is 0 Å². The van der Waals surface area contributed by atoms with Crippen molar-refractivity contribution < 1.29 is 8.94 Å². The average molecular weight is 366 g/mol. The van der Waals surface area contributed by atoms with E-state index in [1.54, 1.807) is 36.9 Å². The van der Waals surface area contributed by atoms with Crippen LogP contribution in [0.25, 0.3) is 23.0 Å². The molecule has 9 heteroatoms. The topological polar surface area (TPSA) is 95.7 Å². The number of rotatable bonds is 7. The molecule has 0 aliphatic carbocycles. The third-order valence-electron chi connectivity index (χ3n) is 3.50. The third kappa shape index (κ3) is 3.29. The lowest BCUT2D eigenvalue weighted by molar-refractivity contribution is 0.390. The molecule has 0 aromatic carbocycles. The molecule has 0 fully saturated rings. The monoisotopic (exact) mass is 366 g/mol. The van der Waals surface area contributed by atoms with Crippen molar-refractivity contribution in [2.75, 3.05) is 0 Å². The van der Waals surface area contributed by atoms with E-state index in [9.17, 15) is 0 Å². The quantitative estimate of drug-likeness (QED) is 0.362. The van der Waals surface area contributed by atoms with E-state index < -0.39 is 0 Å². The van der Waals surface area contributed by atoms with Gasteiger partial charge in [0.1, 0.15) is 0 Å². The minimum atomic E-state index is 0.427. The molecule has 0 atom stereocenters. The van der Waals surface area contributed by atoms with Gasteiger partial charge in [-0.3, -0.25) is 9.55 Å². The fraction of sp³-hybridized carbons (Fsp3) is 0.118. The van der Waals surface area contributed by atoms with Gasteiger partial charge in [-0.1, -0.05) is 23.0 Å². The second-order valence-corrected chi connectivity index (χ2v) is 6.16. The van der Waals surface area contributed by atoms with Crippen LogP contribution in [0.1, 0.15) is 5.89 Å². The van der Waals surface area contributed by atoms with Crippen molar-refractivity contribution in [1.82, 2.24) is 29.9 Å². The molecule has 0 amide bonds. The van der Waals surface area contributed by atoms with Crippen LogP contribution in [-0.4, -0.2) is 29.9 Å². The highest BCUT2D eigenvalue weighted by Crippen LogP contribution is 2.26. The fourth-order valence-corrected chi connectivity index (χ4v) is 3.13. The molecule has 0 spiro atoms. The lowest BCUT2D eigenvalue weighted by atomic mass is 10.2. The van der Waals surface area contributed by atoms with Gasteiger partial charge in [0.15, 0.2) is 16.7 Å². The van der Waals surface area contributed by atoms with Crippen LogP contribution in [0.4, 0.5) is 0 Å². The van der Waals surface area contributed by atoms with Gasteiger partial charge in [0, 0.05) is 24.5 Å². The van der Waals surface area contributed by atoms with Crippen LogP contribution in [0.3, 0.4) is 0 Å². The number of hydrogen-bond donors (Lipinski definition) is 0. The van der Waals surface area contributed by atoms with Crippen LogP contribution in [0.5, 0.6) is 0 Å². The van der Waals surface area contributed by atoms with Gasteiger partial charge in [-0.15, -0.1) is 16.8 Å². The highest BCUT2D eigenvalue weighted by molar-refractivity contribution is 7.98. The van der Waals surface area contributed by atoms with E-state index in [1.807, 2.05) is 16.7 Å². The fourth-order valence-electron chi connectivity index (χ4n) is 2.35. The first kappa shape index (κ1) is 16.3. The first-order chi connectivity index (χ1) is 12.8. The Morgan fingerprint density at radius 1 is 1.19 bits per heavy atom. The lowest BCUT2D eigenvalue weighted by Crippen LogP contribution is -2.00. The molecule has 0 unspecified atom stereocenters. The van der Waals surface area contributed by atoms with Gasteiger partial charge in [-0.25, -0.2) is 0 Å². The van der Waals surface area contributed by atoms with Gasteiger partial charge in [0.05, 0.1) is 12.0 Å². The predicted octanol–water partition coefficient (Wildman–Crippen LogP) is 3.46. The second-order valence-electron chi connectivity index (χ2n) is 5.22. The van der Waals surface area contributed by atoms with Crippen LogP contribution in [0.2, 0.25) is 0 Å². The molecule has 0 saturated heterocycles. The molecule has 26 heavy (non-hydrogen) atoms. The molecule has 130 valence electrons. The van der Waals surface area contributed by atoms with Crippen LogP contribution < -0.4 is 0 Å². The summed E-state index contributed by atoms with van der Waals surface area (Å²) in [5.41, 5.74) is 0.944. The van der Waals surface area contributed by atoms with E-state index in [1.165, 1.54) is 11.8 Å². The van der Waals surface area contributed by atoms with Crippen molar-refractivity contribution in [3.8, 4) is 23.0 Å². The number of furan rings is 1. The molecule has 0 N–H and O–H groups in total. The minimum absolute atomic E-state index is 0.427. The summed E-state index contributed by atoms with van der Waals surface area (Å²) >= 11 is 1.47. The molecule has 4 heterocycles. The minimum Gasteiger partial charge on any atom is -0.461 e. The molecular formula is C17H14N6O2S. The highest BCUT2D eigenvalue weighted by Gasteiger charge is 2.16. The van der Waals surface area contributed by atoms with Gasteiger partial charge >= 0.3 is 0 Å². The normalized spacial score (nSPS) is 10.9. The molecular weight excluding hydrogens is 352 g/mol. The standard InChI is InChI=1S/C17H14N6O2S/c1-2-9-23-16(12-5-7-18-8-6-12)20-21-17(23)26-11-14-19-15(22-25-14)13-4-3-10-24-13/h2-8,10H,1,9,11H2. The largest absolute Gasteiger partial charge is 0.461 e. The predicted molar refractivity (Wildman–Crippen MR) is 95.0 cm³/mol. The van der Waals surface area contributed by atoms with Crippen molar-refractivity contribution >= 4 is 11.8 Å². The Labute approximate surface area is 153 Å². The molecule has 0 bridgehead atoms. The summed E-state index contributed by atoms with van der Waals surface area (Å²) in [4.78, 5) is 8.36. The Balaban J connectivity index is 1.53. The first-order valence-corrected chi connectivity index (χ1v) is 8.77. The van der Waals surface area contributed by atoms with Gasteiger partial charge < -0.3 is 8.94 Å². The molecule has 4 aromatic rings. The van der Waals surface area contributed by atoms with Gasteiger partial charge in [-0.05, 0) is 24.3 Å². The van der Waals surface area contributed by atoms with Crippen LogP contribution in [0, 0.1) is 0 Å². The molecule has 0 aliphatic heterocycles. The van der Waals surface area contributed by atoms with Crippen molar-refractivity contribution in [3.63, 3.8) is 0 Å². The summed E-state index contributed by atoms with van der Waals surface area (Å²) in [5, 5.41) is 13.2. The second kappa shape index (κ2) is 7.36. The summed E-state index contributed by atoms with van der Waals surface area (Å²) in [7, 11) is 0. The molecule has 4 aromatic heterocycles. The molecule has 4 rings (SSSR count). The average Bonchev–Trinajstić information content (AvgIpc) is 3.42. The highest BCUT2D eigenvalue weighted by atomic mass is 32.2. The Kier molecular flexibility index (Phi) is 4.61. The zero-order valence-corrected chi connectivity index (χ0v) is 14.5. The Morgan fingerprint density at radius 2 is 2.08 bits per heavy atom. The van der Waals surface area contributed by atoms with Crippen molar-refractivity contribution in [2.45, 2.75) is 17.5 Å². The van der Waals surface area contributed by atoms with Crippen molar-refractivity contribution in [1.29, 1.82) is 0 Å². The summed E-state index contributed by atoms with van der Waals surface area (Å²) in [6.07, 6.45) is 6.83. The van der Waals surface area contributed by atoms with Crippen LogP contribution >= 0.6 is 11.8 Å². The maximum atomic E-state index is 5.27. The Hall–Kier alpha value is -3.20.